The standard InChI is InChI=1S/C19H18F3NO4S/c1-2-26-18(25)14-11-28-9-8-23(14)17(24)16-7-6-15(27-16)12-4-3-5-13(10-12)19(20,21)22/h3-7,10,14H,2,8-9,11H2,1H3/t14-/m0/s1. The molecule has 0 bridgehead atoms. The lowest BCUT2D eigenvalue weighted by Gasteiger charge is -2.32. The second-order valence-corrected chi connectivity index (χ2v) is 7.23. The van der Waals surface area contributed by atoms with E-state index < -0.39 is 29.7 Å². The van der Waals surface area contributed by atoms with Crippen molar-refractivity contribution in [2.24, 2.45) is 0 Å². The molecule has 1 aliphatic rings. The van der Waals surface area contributed by atoms with Crippen LogP contribution in [0.1, 0.15) is 23.0 Å². The molecule has 1 aromatic heterocycles. The third-order valence-corrected chi connectivity index (χ3v) is 5.26. The number of esters is 1. The average Bonchev–Trinajstić information content (AvgIpc) is 3.17. The molecule has 0 N–H and O–H groups in total. The van der Waals surface area contributed by atoms with Crippen LogP contribution in [0, 0.1) is 0 Å². The van der Waals surface area contributed by atoms with Crippen molar-refractivity contribution in [3.05, 3.63) is 47.7 Å². The summed E-state index contributed by atoms with van der Waals surface area (Å²) in [6.45, 7) is 2.25. The van der Waals surface area contributed by atoms with Crippen LogP contribution in [0.3, 0.4) is 0 Å². The zero-order valence-electron chi connectivity index (χ0n) is 15.0. The fourth-order valence-electron chi connectivity index (χ4n) is 2.88. The lowest BCUT2D eigenvalue weighted by molar-refractivity contribution is -0.147. The Morgan fingerprint density at radius 2 is 2.07 bits per heavy atom. The first-order chi connectivity index (χ1) is 13.3. The molecule has 28 heavy (non-hydrogen) atoms. The number of thioether (sulfide) groups is 1. The second-order valence-electron chi connectivity index (χ2n) is 6.08. The summed E-state index contributed by atoms with van der Waals surface area (Å²) in [6.07, 6.45) is -4.47. The fraction of sp³-hybridized carbons (Fsp3) is 0.368. The quantitative estimate of drug-likeness (QED) is 0.707. The van der Waals surface area contributed by atoms with Crippen LogP contribution in [0.15, 0.2) is 40.8 Å². The van der Waals surface area contributed by atoms with Gasteiger partial charge in [-0.2, -0.15) is 24.9 Å². The number of hydrogen-bond acceptors (Lipinski definition) is 5. The van der Waals surface area contributed by atoms with Gasteiger partial charge in [0.2, 0.25) is 0 Å². The van der Waals surface area contributed by atoms with E-state index in [1.54, 1.807) is 18.7 Å². The molecule has 150 valence electrons. The zero-order valence-corrected chi connectivity index (χ0v) is 15.8. The highest BCUT2D eigenvalue weighted by Crippen LogP contribution is 2.33. The Bertz CT molecular complexity index is 865. The molecule has 0 aliphatic carbocycles. The first-order valence-corrected chi connectivity index (χ1v) is 9.79. The number of alkyl halides is 3. The minimum atomic E-state index is -4.47. The maximum atomic E-state index is 12.9. The van der Waals surface area contributed by atoms with Crippen molar-refractivity contribution in [3.8, 4) is 11.3 Å². The highest BCUT2D eigenvalue weighted by molar-refractivity contribution is 7.99. The van der Waals surface area contributed by atoms with Crippen molar-refractivity contribution < 1.29 is 31.9 Å². The molecule has 0 saturated carbocycles. The van der Waals surface area contributed by atoms with Crippen molar-refractivity contribution in [1.29, 1.82) is 0 Å². The third kappa shape index (κ3) is 4.35. The topological polar surface area (TPSA) is 59.8 Å². The van der Waals surface area contributed by atoms with E-state index in [0.717, 1.165) is 12.1 Å². The van der Waals surface area contributed by atoms with Gasteiger partial charge in [0.15, 0.2) is 5.76 Å². The van der Waals surface area contributed by atoms with Crippen LogP contribution in [0.25, 0.3) is 11.3 Å². The normalized spacial score (nSPS) is 17.4. The van der Waals surface area contributed by atoms with Crippen molar-refractivity contribution in [1.82, 2.24) is 4.90 Å². The van der Waals surface area contributed by atoms with Crippen molar-refractivity contribution >= 4 is 23.6 Å². The van der Waals surface area contributed by atoms with E-state index >= 15 is 0 Å². The molecular formula is C19H18F3NO4S. The lowest BCUT2D eigenvalue weighted by Crippen LogP contribution is -2.50. The molecule has 1 fully saturated rings. The number of halogens is 3. The first-order valence-electron chi connectivity index (χ1n) is 8.64. The van der Waals surface area contributed by atoms with Gasteiger partial charge in [-0.05, 0) is 31.2 Å². The summed E-state index contributed by atoms with van der Waals surface area (Å²) in [5.74, 6) is 0.237. The number of carbonyl (C=O) groups is 2. The number of nitrogens with zero attached hydrogens (tertiary/aromatic N) is 1. The zero-order chi connectivity index (χ0) is 20.3. The molecule has 2 heterocycles. The van der Waals surface area contributed by atoms with E-state index in [4.69, 9.17) is 9.15 Å². The Kier molecular flexibility index (Phi) is 6.02. The van der Waals surface area contributed by atoms with Gasteiger partial charge in [0.05, 0.1) is 12.2 Å². The van der Waals surface area contributed by atoms with Gasteiger partial charge < -0.3 is 14.1 Å². The molecule has 9 heteroatoms. The van der Waals surface area contributed by atoms with Crippen molar-refractivity contribution in [2.45, 2.75) is 19.1 Å². The predicted molar refractivity (Wildman–Crippen MR) is 97.9 cm³/mol. The number of amides is 1. The number of hydrogen-bond donors (Lipinski definition) is 0. The molecule has 3 rings (SSSR count). The SMILES string of the molecule is CCOC(=O)[C@@H]1CSCCN1C(=O)c1ccc(-c2cccc(C(F)(F)F)c2)o1. The minimum Gasteiger partial charge on any atom is -0.464 e. The summed E-state index contributed by atoms with van der Waals surface area (Å²) in [5, 5.41) is 0. The Labute approximate surface area is 163 Å². The van der Waals surface area contributed by atoms with E-state index in [9.17, 15) is 22.8 Å². The third-order valence-electron chi connectivity index (χ3n) is 4.24. The predicted octanol–water partition coefficient (Wildman–Crippen LogP) is 4.09. The number of rotatable bonds is 4. The lowest BCUT2D eigenvalue weighted by atomic mass is 10.1. The maximum absolute atomic E-state index is 12.9. The van der Waals surface area contributed by atoms with Crippen LogP contribution in [-0.2, 0) is 15.7 Å². The second kappa shape index (κ2) is 8.30. The van der Waals surface area contributed by atoms with Gasteiger partial charge in [0, 0.05) is 23.6 Å². The molecule has 1 amide bonds. The van der Waals surface area contributed by atoms with E-state index in [1.165, 1.54) is 29.2 Å². The van der Waals surface area contributed by atoms with E-state index in [-0.39, 0.29) is 23.7 Å². The maximum Gasteiger partial charge on any atom is 0.416 e. The highest BCUT2D eigenvalue weighted by atomic mass is 32.2. The smallest absolute Gasteiger partial charge is 0.416 e. The summed E-state index contributed by atoms with van der Waals surface area (Å²) in [5.41, 5.74) is -0.588. The Morgan fingerprint density at radius 3 is 2.79 bits per heavy atom. The minimum absolute atomic E-state index is 0.0337. The van der Waals surface area contributed by atoms with Crippen molar-refractivity contribution in [3.63, 3.8) is 0 Å². The molecule has 0 radical (unpaired) electrons. The summed E-state index contributed by atoms with van der Waals surface area (Å²) in [7, 11) is 0. The van der Waals surface area contributed by atoms with Crippen LogP contribution in [0.2, 0.25) is 0 Å². The van der Waals surface area contributed by atoms with Gasteiger partial charge in [-0.15, -0.1) is 0 Å². The molecule has 1 atom stereocenters. The summed E-state index contributed by atoms with van der Waals surface area (Å²) in [6, 6.07) is 6.82. The van der Waals surface area contributed by atoms with E-state index in [2.05, 4.69) is 0 Å². The van der Waals surface area contributed by atoms with Gasteiger partial charge >= 0.3 is 12.1 Å². The monoisotopic (exact) mass is 413 g/mol. The molecule has 2 aromatic rings. The van der Waals surface area contributed by atoms with Crippen LogP contribution in [0.5, 0.6) is 0 Å². The van der Waals surface area contributed by atoms with Crippen LogP contribution >= 0.6 is 11.8 Å². The number of benzene rings is 1. The molecule has 0 unspecified atom stereocenters. The van der Waals surface area contributed by atoms with E-state index in [1.807, 2.05) is 0 Å². The molecule has 1 aromatic carbocycles. The number of ether oxygens (including phenoxy) is 1. The molecule has 1 saturated heterocycles. The Balaban J connectivity index is 1.83. The summed E-state index contributed by atoms with van der Waals surface area (Å²) in [4.78, 5) is 26.4. The summed E-state index contributed by atoms with van der Waals surface area (Å²) < 4.78 is 49.3. The molecule has 1 aliphatic heterocycles. The molecular weight excluding hydrogens is 395 g/mol. The highest BCUT2D eigenvalue weighted by Gasteiger charge is 2.35. The van der Waals surface area contributed by atoms with Crippen molar-refractivity contribution in [2.75, 3.05) is 24.7 Å². The van der Waals surface area contributed by atoms with Crippen LogP contribution in [0.4, 0.5) is 13.2 Å². The van der Waals surface area contributed by atoms with Crippen LogP contribution < -0.4 is 0 Å². The molecule has 0 spiro atoms. The Hall–Kier alpha value is -2.42. The van der Waals surface area contributed by atoms with Gasteiger partial charge in [0.1, 0.15) is 11.8 Å². The Morgan fingerprint density at radius 1 is 1.29 bits per heavy atom. The summed E-state index contributed by atoms with van der Waals surface area (Å²) >= 11 is 1.55. The van der Waals surface area contributed by atoms with Gasteiger partial charge in [-0.1, -0.05) is 12.1 Å². The average molecular weight is 413 g/mol. The van der Waals surface area contributed by atoms with Gasteiger partial charge in [-0.3, -0.25) is 4.79 Å². The van der Waals surface area contributed by atoms with Gasteiger partial charge in [0.25, 0.3) is 5.91 Å². The fourth-order valence-corrected chi connectivity index (χ4v) is 3.91. The number of furan rings is 1. The van der Waals surface area contributed by atoms with E-state index in [0.29, 0.717) is 18.1 Å². The van der Waals surface area contributed by atoms with Gasteiger partial charge in [-0.25, -0.2) is 4.79 Å². The first kappa shape index (κ1) is 20.3. The molecule has 5 nitrogen and oxygen atoms in total. The number of carbonyl (C=O) groups excluding carboxylic acids is 2. The van der Waals surface area contributed by atoms with Crippen LogP contribution in [-0.4, -0.2) is 47.5 Å². The largest absolute Gasteiger partial charge is 0.464 e.